The third-order valence-electron chi connectivity index (χ3n) is 6.81. The lowest BCUT2D eigenvalue weighted by Gasteiger charge is -2.39. The number of carbonyl (C=O) groups is 2. The predicted octanol–water partition coefficient (Wildman–Crippen LogP) is 3.89. The molecule has 0 atom stereocenters. The third-order valence-corrected chi connectivity index (χ3v) is 7.06. The van der Waals surface area contributed by atoms with Crippen molar-refractivity contribution in [2.24, 2.45) is 11.1 Å². The molecule has 2 saturated heterocycles. The summed E-state index contributed by atoms with van der Waals surface area (Å²) in [6.45, 7) is 4.58. The van der Waals surface area contributed by atoms with Crippen molar-refractivity contribution in [2.75, 3.05) is 26.2 Å². The van der Waals surface area contributed by atoms with E-state index in [4.69, 9.17) is 17.3 Å². The average molecular weight is 440 g/mol. The average Bonchev–Trinajstić information content (AvgIpc) is 3.06. The van der Waals surface area contributed by atoms with Crippen LogP contribution in [-0.4, -0.2) is 47.8 Å². The fraction of sp³-hybridized carbons (Fsp3) is 0.440. The number of piperidine rings is 1. The van der Waals surface area contributed by atoms with Crippen LogP contribution in [0.1, 0.15) is 47.2 Å². The fourth-order valence-corrected chi connectivity index (χ4v) is 5.12. The van der Waals surface area contributed by atoms with E-state index in [1.807, 2.05) is 47.4 Å². The first-order chi connectivity index (χ1) is 14.9. The second-order valence-corrected chi connectivity index (χ2v) is 9.46. The third kappa shape index (κ3) is 5.28. The second kappa shape index (κ2) is 9.41. The first-order valence-corrected chi connectivity index (χ1v) is 11.4. The van der Waals surface area contributed by atoms with Gasteiger partial charge < -0.3 is 15.5 Å². The van der Waals surface area contributed by atoms with Gasteiger partial charge in [0.25, 0.3) is 0 Å². The zero-order chi connectivity index (χ0) is 21.8. The highest BCUT2D eigenvalue weighted by molar-refractivity contribution is 6.30. The van der Waals surface area contributed by atoms with Crippen molar-refractivity contribution < 1.29 is 9.59 Å². The van der Waals surface area contributed by atoms with Crippen LogP contribution in [0.4, 0.5) is 0 Å². The molecule has 4 rings (SSSR count). The summed E-state index contributed by atoms with van der Waals surface area (Å²) in [5, 5.41) is 0.721. The molecule has 2 aliphatic heterocycles. The zero-order valence-electron chi connectivity index (χ0n) is 17.9. The summed E-state index contributed by atoms with van der Waals surface area (Å²) in [7, 11) is 0. The Balaban J connectivity index is 1.25. The summed E-state index contributed by atoms with van der Waals surface area (Å²) in [6.07, 6.45) is 4.65. The van der Waals surface area contributed by atoms with Crippen LogP contribution in [0.5, 0.6) is 0 Å². The van der Waals surface area contributed by atoms with Crippen LogP contribution in [0, 0.1) is 5.41 Å². The van der Waals surface area contributed by atoms with Crippen molar-refractivity contribution in [3.8, 4) is 0 Å². The highest BCUT2D eigenvalue weighted by Crippen LogP contribution is 2.41. The molecule has 1 spiro atoms. The summed E-state index contributed by atoms with van der Waals surface area (Å²) in [5.41, 5.74) is 8.40. The first kappa shape index (κ1) is 21.8. The van der Waals surface area contributed by atoms with E-state index in [2.05, 4.69) is 4.90 Å². The van der Waals surface area contributed by atoms with Gasteiger partial charge in [-0.2, -0.15) is 0 Å². The highest BCUT2D eigenvalue weighted by Gasteiger charge is 2.44. The minimum atomic E-state index is -0.357. The van der Waals surface area contributed by atoms with E-state index in [0.717, 1.165) is 68.0 Å². The van der Waals surface area contributed by atoms with Gasteiger partial charge in [0.2, 0.25) is 11.8 Å². The standard InChI is InChI=1S/C25H30ClN3O2/c26-21-9-7-19(8-10-21)17-29-18-25(16-23(29)30)11-14-28(15-12-25)13-3-5-20-4-1-2-6-22(20)24(27)31/h1-2,4,6-10H,3,5,11-18H2,(H2,27,31). The van der Waals surface area contributed by atoms with Crippen LogP contribution in [-0.2, 0) is 17.8 Å². The number of primary amides is 1. The Hall–Kier alpha value is -2.37. The van der Waals surface area contributed by atoms with E-state index >= 15 is 0 Å². The van der Waals surface area contributed by atoms with Gasteiger partial charge in [-0.15, -0.1) is 0 Å². The van der Waals surface area contributed by atoms with E-state index < -0.39 is 0 Å². The number of aryl methyl sites for hydroxylation is 1. The molecule has 2 aromatic carbocycles. The van der Waals surface area contributed by atoms with Crippen molar-refractivity contribution in [3.05, 3.63) is 70.2 Å². The maximum absolute atomic E-state index is 12.7. The molecular formula is C25H30ClN3O2. The first-order valence-electron chi connectivity index (χ1n) is 11.1. The van der Waals surface area contributed by atoms with E-state index in [0.29, 0.717) is 18.5 Å². The number of benzene rings is 2. The lowest BCUT2D eigenvalue weighted by Crippen LogP contribution is -2.42. The molecule has 0 saturated carbocycles. The largest absolute Gasteiger partial charge is 0.366 e. The summed E-state index contributed by atoms with van der Waals surface area (Å²) >= 11 is 5.97. The smallest absolute Gasteiger partial charge is 0.248 e. The van der Waals surface area contributed by atoms with Gasteiger partial charge in [-0.05, 0) is 80.1 Å². The molecule has 2 fully saturated rings. The van der Waals surface area contributed by atoms with E-state index in [9.17, 15) is 9.59 Å². The highest BCUT2D eigenvalue weighted by atomic mass is 35.5. The van der Waals surface area contributed by atoms with Gasteiger partial charge in [-0.1, -0.05) is 41.9 Å². The Labute approximate surface area is 189 Å². The van der Waals surface area contributed by atoms with Crippen molar-refractivity contribution in [1.82, 2.24) is 9.80 Å². The SMILES string of the molecule is NC(=O)c1ccccc1CCCN1CCC2(CC1)CC(=O)N(Cc1ccc(Cl)cc1)C2. The lowest BCUT2D eigenvalue weighted by atomic mass is 9.77. The summed E-state index contributed by atoms with van der Waals surface area (Å²) in [4.78, 5) is 28.8. The zero-order valence-corrected chi connectivity index (χ0v) is 18.6. The maximum Gasteiger partial charge on any atom is 0.248 e. The second-order valence-electron chi connectivity index (χ2n) is 9.02. The van der Waals surface area contributed by atoms with Crippen molar-refractivity contribution in [2.45, 2.75) is 38.6 Å². The van der Waals surface area contributed by atoms with Crippen molar-refractivity contribution in [1.29, 1.82) is 0 Å². The van der Waals surface area contributed by atoms with E-state index in [1.165, 1.54) is 0 Å². The van der Waals surface area contributed by atoms with Crippen LogP contribution >= 0.6 is 11.6 Å². The summed E-state index contributed by atoms with van der Waals surface area (Å²) < 4.78 is 0. The number of rotatable bonds is 7. The van der Waals surface area contributed by atoms with Crippen molar-refractivity contribution in [3.63, 3.8) is 0 Å². The van der Waals surface area contributed by atoms with Gasteiger partial charge in [-0.25, -0.2) is 0 Å². The number of amides is 2. The number of carbonyl (C=O) groups excluding carboxylic acids is 2. The van der Waals surface area contributed by atoms with Gasteiger partial charge in [0.1, 0.15) is 0 Å². The number of likely N-dealkylation sites (tertiary alicyclic amines) is 2. The minimum Gasteiger partial charge on any atom is -0.366 e. The Morgan fingerprint density at radius 2 is 1.77 bits per heavy atom. The van der Waals surface area contributed by atoms with Gasteiger partial charge in [0, 0.05) is 30.1 Å². The number of halogens is 1. The maximum atomic E-state index is 12.7. The number of nitrogens with zero attached hydrogens (tertiary/aromatic N) is 2. The van der Waals surface area contributed by atoms with E-state index in [-0.39, 0.29) is 17.2 Å². The monoisotopic (exact) mass is 439 g/mol. The van der Waals surface area contributed by atoms with Crippen LogP contribution in [0.25, 0.3) is 0 Å². The van der Waals surface area contributed by atoms with Gasteiger partial charge in [-0.3, -0.25) is 9.59 Å². The molecule has 0 bridgehead atoms. The molecule has 2 N–H and O–H groups in total. The van der Waals surface area contributed by atoms with Crippen LogP contribution < -0.4 is 5.73 Å². The number of hydrogen-bond donors (Lipinski definition) is 1. The lowest BCUT2D eigenvalue weighted by molar-refractivity contribution is -0.128. The Morgan fingerprint density at radius 1 is 1.06 bits per heavy atom. The summed E-state index contributed by atoms with van der Waals surface area (Å²) in [5.74, 6) is -0.0870. The molecule has 31 heavy (non-hydrogen) atoms. The summed E-state index contributed by atoms with van der Waals surface area (Å²) in [6, 6.07) is 15.4. The normalized spacial score (nSPS) is 18.6. The molecule has 164 valence electrons. The van der Waals surface area contributed by atoms with Gasteiger partial charge in [0.05, 0.1) is 0 Å². The van der Waals surface area contributed by atoms with Crippen LogP contribution in [0.2, 0.25) is 5.02 Å². The molecule has 0 aromatic heterocycles. The van der Waals surface area contributed by atoms with Gasteiger partial charge in [0.15, 0.2) is 0 Å². The Kier molecular flexibility index (Phi) is 6.63. The predicted molar refractivity (Wildman–Crippen MR) is 123 cm³/mol. The molecule has 6 heteroatoms. The fourth-order valence-electron chi connectivity index (χ4n) is 4.99. The molecule has 0 aliphatic carbocycles. The molecule has 2 aromatic rings. The Morgan fingerprint density at radius 3 is 2.48 bits per heavy atom. The minimum absolute atomic E-state index is 0.124. The van der Waals surface area contributed by atoms with E-state index in [1.54, 1.807) is 6.07 Å². The molecule has 2 aliphatic rings. The molecule has 0 radical (unpaired) electrons. The molecule has 2 amide bonds. The van der Waals surface area contributed by atoms with Crippen molar-refractivity contribution >= 4 is 23.4 Å². The molecule has 2 heterocycles. The molecular weight excluding hydrogens is 410 g/mol. The van der Waals surface area contributed by atoms with Crippen LogP contribution in [0.15, 0.2) is 48.5 Å². The van der Waals surface area contributed by atoms with Crippen LogP contribution in [0.3, 0.4) is 0 Å². The Bertz CT molecular complexity index is 936. The van der Waals surface area contributed by atoms with Gasteiger partial charge >= 0.3 is 0 Å². The quantitative estimate of drug-likeness (QED) is 0.711. The number of hydrogen-bond acceptors (Lipinski definition) is 3. The number of nitrogens with two attached hydrogens (primary N) is 1. The molecule has 0 unspecified atom stereocenters. The molecule has 5 nitrogen and oxygen atoms in total. The topological polar surface area (TPSA) is 66.6 Å².